The first-order chi connectivity index (χ1) is 21.7. The number of aromatic nitrogens is 2. The van der Waals surface area contributed by atoms with E-state index in [9.17, 15) is 0 Å². The summed E-state index contributed by atoms with van der Waals surface area (Å²) in [5.74, 6) is 0.0506. The van der Waals surface area contributed by atoms with Crippen molar-refractivity contribution in [2.45, 2.75) is 0 Å². The number of benzene rings is 7. The maximum absolute atomic E-state index is 16.4. The third-order valence-electron chi connectivity index (χ3n) is 8.55. The van der Waals surface area contributed by atoms with Crippen molar-refractivity contribution in [2.24, 2.45) is 0 Å². The van der Waals surface area contributed by atoms with E-state index < -0.39 is 0 Å². The first kappa shape index (κ1) is 25.1. The van der Waals surface area contributed by atoms with E-state index in [0.717, 1.165) is 75.0 Å². The molecule has 0 saturated heterocycles. The van der Waals surface area contributed by atoms with Crippen LogP contribution in [0.5, 0.6) is 0 Å². The van der Waals surface area contributed by atoms with Gasteiger partial charge in [-0.2, -0.15) is 0 Å². The van der Waals surface area contributed by atoms with Crippen molar-refractivity contribution in [3.8, 4) is 33.8 Å². The van der Waals surface area contributed by atoms with Gasteiger partial charge in [-0.15, -0.1) is 11.3 Å². The van der Waals surface area contributed by atoms with Crippen LogP contribution in [-0.4, -0.2) is 9.97 Å². The SMILES string of the molecule is Fc1cc2c3ccccc3c3ccccc3c2cc1-c1nc(-c2ccccc2)c2sc3cccc(-c4ccccc4)c3c2n1. The zero-order valence-corrected chi connectivity index (χ0v) is 24.3. The monoisotopic (exact) mass is 582 g/mol. The molecule has 4 heteroatoms. The Morgan fingerprint density at radius 1 is 0.477 bits per heavy atom. The summed E-state index contributed by atoms with van der Waals surface area (Å²) in [5.41, 5.74) is 5.26. The lowest BCUT2D eigenvalue weighted by atomic mass is 9.93. The molecule has 9 rings (SSSR count). The predicted molar refractivity (Wildman–Crippen MR) is 184 cm³/mol. The van der Waals surface area contributed by atoms with Gasteiger partial charge in [0.25, 0.3) is 0 Å². The molecule has 0 radical (unpaired) electrons. The number of hydrogen-bond donors (Lipinski definition) is 0. The van der Waals surface area contributed by atoms with Gasteiger partial charge in [-0.3, -0.25) is 0 Å². The van der Waals surface area contributed by atoms with Crippen molar-refractivity contribution in [3.05, 3.63) is 145 Å². The van der Waals surface area contributed by atoms with Gasteiger partial charge in [-0.05, 0) is 61.6 Å². The Morgan fingerprint density at radius 3 is 1.70 bits per heavy atom. The Hall–Kier alpha value is -5.45. The Labute approximate surface area is 256 Å². The van der Waals surface area contributed by atoms with Crippen molar-refractivity contribution in [2.75, 3.05) is 0 Å². The van der Waals surface area contributed by atoms with E-state index in [0.29, 0.717) is 11.4 Å². The van der Waals surface area contributed by atoms with Crippen molar-refractivity contribution in [1.29, 1.82) is 0 Å². The molecule has 0 bridgehead atoms. The summed E-state index contributed by atoms with van der Waals surface area (Å²) >= 11 is 1.69. The molecule has 0 spiro atoms. The van der Waals surface area contributed by atoms with Crippen molar-refractivity contribution >= 4 is 64.0 Å². The molecule has 0 N–H and O–H groups in total. The molecule has 0 amide bonds. The van der Waals surface area contributed by atoms with E-state index in [2.05, 4.69) is 84.9 Å². The summed E-state index contributed by atoms with van der Waals surface area (Å²) in [6.07, 6.45) is 0. The third-order valence-corrected chi connectivity index (χ3v) is 9.70. The Bertz CT molecular complexity index is 2550. The molecule has 7 aromatic carbocycles. The van der Waals surface area contributed by atoms with Crippen LogP contribution in [0.2, 0.25) is 0 Å². The van der Waals surface area contributed by atoms with Crippen LogP contribution in [0.25, 0.3) is 86.4 Å². The van der Waals surface area contributed by atoms with Gasteiger partial charge in [0.2, 0.25) is 0 Å². The molecule has 0 aliphatic rings. The van der Waals surface area contributed by atoms with Crippen LogP contribution in [0, 0.1) is 5.82 Å². The maximum atomic E-state index is 16.4. The first-order valence-electron chi connectivity index (χ1n) is 14.6. The van der Waals surface area contributed by atoms with Crippen LogP contribution < -0.4 is 0 Å². The minimum absolute atomic E-state index is 0.334. The molecule has 9 aromatic rings. The van der Waals surface area contributed by atoms with E-state index in [-0.39, 0.29) is 5.82 Å². The number of nitrogens with zero attached hydrogens (tertiary/aromatic N) is 2. The maximum Gasteiger partial charge on any atom is 0.163 e. The van der Waals surface area contributed by atoms with Gasteiger partial charge < -0.3 is 0 Å². The highest BCUT2D eigenvalue weighted by Crippen LogP contribution is 2.44. The molecule has 2 heterocycles. The highest BCUT2D eigenvalue weighted by atomic mass is 32.1. The van der Waals surface area contributed by atoms with Gasteiger partial charge in [0.05, 0.1) is 21.5 Å². The number of halogens is 1. The molecule has 0 atom stereocenters. The van der Waals surface area contributed by atoms with Crippen molar-refractivity contribution < 1.29 is 4.39 Å². The average molecular weight is 583 g/mol. The van der Waals surface area contributed by atoms with Gasteiger partial charge in [0.15, 0.2) is 5.82 Å². The molecule has 0 aliphatic carbocycles. The second-order valence-corrected chi connectivity index (χ2v) is 12.1. The van der Waals surface area contributed by atoms with Crippen LogP contribution >= 0.6 is 11.3 Å². The van der Waals surface area contributed by atoms with Gasteiger partial charge in [0.1, 0.15) is 5.82 Å². The van der Waals surface area contributed by atoms with Crippen LogP contribution in [-0.2, 0) is 0 Å². The van der Waals surface area contributed by atoms with Crippen LogP contribution in [0.3, 0.4) is 0 Å². The zero-order valence-electron chi connectivity index (χ0n) is 23.5. The lowest BCUT2D eigenvalue weighted by Gasteiger charge is -2.13. The summed E-state index contributed by atoms with van der Waals surface area (Å²) < 4.78 is 18.5. The number of fused-ring (bicyclic) bond motifs is 9. The summed E-state index contributed by atoms with van der Waals surface area (Å²) in [4.78, 5) is 10.3. The Kier molecular flexibility index (Phi) is 5.59. The largest absolute Gasteiger partial charge is 0.226 e. The number of rotatable bonds is 3. The van der Waals surface area contributed by atoms with Crippen LogP contribution in [0.1, 0.15) is 0 Å². The Balaban J connectivity index is 1.40. The van der Waals surface area contributed by atoms with E-state index in [4.69, 9.17) is 9.97 Å². The van der Waals surface area contributed by atoms with Gasteiger partial charge in [-0.25, -0.2) is 14.4 Å². The molecule has 0 fully saturated rings. The molecule has 206 valence electrons. The Morgan fingerprint density at radius 2 is 1.05 bits per heavy atom. The predicted octanol–water partition coefficient (Wildman–Crippen LogP) is 11.4. The highest BCUT2D eigenvalue weighted by molar-refractivity contribution is 7.26. The van der Waals surface area contributed by atoms with E-state index in [1.165, 1.54) is 0 Å². The summed E-state index contributed by atoms with van der Waals surface area (Å²) in [6, 6.07) is 47.1. The third kappa shape index (κ3) is 3.78. The minimum atomic E-state index is -0.334. The van der Waals surface area contributed by atoms with E-state index in [1.54, 1.807) is 17.4 Å². The summed E-state index contributed by atoms with van der Waals surface area (Å²) in [5, 5.41) is 7.31. The topological polar surface area (TPSA) is 25.8 Å². The van der Waals surface area contributed by atoms with E-state index >= 15 is 4.39 Å². The molecule has 44 heavy (non-hydrogen) atoms. The van der Waals surface area contributed by atoms with Crippen molar-refractivity contribution in [1.82, 2.24) is 9.97 Å². The number of thiophene rings is 1. The van der Waals surface area contributed by atoms with Gasteiger partial charge in [0, 0.05) is 15.6 Å². The molecule has 0 aliphatic heterocycles. The van der Waals surface area contributed by atoms with Gasteiger partial charge in [-0.1, -0.05) is 121 Å². The molecule has 0 unspecified atom stereocenters. The second kappa shape index (κ2) is 9.80. The minimum Gasteiger partial charge on any atom is -0.226 e. The molecular weight excluding hydrogens is 560 g/mol. The van der Waals surface area contributed by atoms with Crippen LogP contribution in [0.15, 0.2) is 140 Å². The smallest absolute Gasteiger partial charge is 0.163 e. The molecular formula is C40H23FN2S. The second-order valence-electron chi connectivity index (χ2n) is 11.1. The summed E-state index contributed by atoms with van der Waals surface area (Å²) in [7, 11) is 0. The molecule has 2 aromatic heterocycles. The van der Waals surface area contributed by atoms with E-state index in [1.807, 2.05) is 48.5 Å². The van der Waals surface area contributed by atoms with Gasteiger partial charge >= 0.3 is 0 Å². The zero-order chi connectivity index (χ0) is 29.2. The van der Waals surface area contributed by atoms with Crippen LogP contribution in [0.4, 0.5) is 4.39 Å². The van der Waals surface area contributed by atoms with Crippen molar-refractivity contribution in [3.63, 3.8) is 0 Å². The fourth-order valence-corrected chi connectivity index (χ4v) is 7.73. The lowest BCUT2D eigenvalue weighted by Crippen LogP contribution is -1.97. The molecule has 0 saturated carbocycles. The normalized spacial score (nSPS) is 11.8. The standard InChI is InChI=1S/C40H23FN2S/c41-34-23-32-30-19-10-8-17-28(30)27-16-7-9-18-29(27)31(32)22-33(34)40-42-37(25-14-5-2-6-15-25)39-38(43-40)36-26(20-11-21-35(36)44-39)24-12-3-1-4-13-24/h1-23H. The first-order valence-corrected chi connectivity index (χ1v) is 15.4. The average Bonchev–Trinajstić information content (AvgIpc) is 3.47. The number of hydrogen-bond acceptors (Lipinski definition) is 3. The lowest BCUT2D eigenvalue weighted by molar-refractivity contribution is 0.632. The highest BCUT2D eigenvalue weighted by Gasteiger charge is 2.21. The fourth-order valence-electron chi connectivity index (χ4n) is 6.55. The molecule has 2 nitrogen and oxygen atoms in total. The summed E-state index contributed by atoms with van der Waals surface area (Å²) in [6.45, 7) is 0. The fraction of sp³-hybridized carbons (Fsp3) is 0. The quantitative estimate of drug-likeness (QED) is 0.194.